The molecule has 2 atom stereocenters. The third-order valence-corrected chi connectivity index (χ3v) is 6.70. The Hall–Kier alpha value is -2.92. The predicted octanol–water partition coefficient (Wildman–Crippen LogP) is 3.83. The molecule has 26 heavy (non-hydrogen) atoms. The second-order valence-corrected chi connectivity index (χ2v) is 8.11. The third kappa shape index (κ3) is 2.61. The Balaban J connectivity index is 1.82. The van der Waals surface area contributed by atoms with Crippen LogP contribution < -0.4 is 4.31 Å². The van der Waals surface area contributed by atoms with E-state index < -0.39 is 21.3 Å². The van der Waals surface area contributed by atoms with Crippen molar-refractivity contribution in [2.24, 2.45) is 0 Å². The summed E-state index contributed by atoms with van der Waals surface area (Å²) in [7, 11) is -3.78. The van der Waals surface area contributed by atoms with Crippen molar-refractivity contribution in [3.05, 3.63) is 102 Å². The number of hydrogen-bond acceptors (Lipinski definition) is 3. The van der Waals surface area contributed by atoms with Crippen molar-refractivity contribution in [1.82, 2.24) is 0 Å². The van der Waals surface area contributed by atoms with Crippen molar-refractivity contribution in [2.45, 2.75) is 11.3 Å². The average molecular weight is 363 g/mol. The molecule has 1 aliphatic rings. The van der Waals surface area contributed by atoms with Crippen LogP contribution in [0.1, 0.15) is 22.0 Å². The van der Waals surface area contributed by atoms with Gasteiger partial charge < -0.3 is 0 Å². The molecule has 4 nitrogen and oxygen atoms in total. The molecular weight excluding hydrogens is 346 g/mol. The molecule has 0 aromatic heterocycles. The molecule has 1 fully saturated rings. The molecule has 130 valence electrons. The number of rotatable bonds is 4. The van der Waals surface area contributed by atoms with Gasteiger partial charge in [-0.15, -0.1) is 0 Å². The minimum absolute atomic E-state index is 0.369. The van der Waals surface area contributed by atoms with Crippen LogP contribution in [0.2, 0.25) is 0 Å². The predicted molar refractivity (Wildman–Crippen MR) is 102 cm³/mol. The quantitative estimate of drug-likeness (QED) is 0.662. The fraction of sp³-hybridized carbons (Fsp3) is 0.0952. The highest BCUT2D eigenvalue weighted by Crippen LogP contribution is 2.46. The maximum Gasteiger partial charge on any atom is 0.248 e. The molecule has 0 amide bonds. The smallest absolute Gasteiger partial charge is 0.248 e. The zero-order valence-electron chi connectivity index (χ0n) is 13.9. The molecule has 0 radical (unpaired) electrons. The number of sulfonamides is 1. The van der Waals surface area contributed by atoms with Crippen LogP contribution in [0.4, 0.5) is 5.69 Å². The summed E-state index contributed by atoms with van der Waals surface area (Å²) in [6, 6.07) is 26.3. The van der Waals surface area contributed by atoms with Crippen LogP contribution in [-0.4, -0.2) is 19.5 Å². The highest BCUT2D eigenvalue weighted by atomic mass is 32.2. The standard InChI is InChI=1S/C21H17NO3S/c23-20(17-12-6-2-7-13-17)21-19(16-10-4-1-5-11-16)22(26(21,24)25)18-14-8-3-9-15-18/h1-15,19,21H/t19-,21-/m1/s1. The van der Waals surface area contributed by atoms with Crippen LogP contribution in [0.15, 0.2) is 91.0 Å². The molecule has 0 unspecified atom stereocenters. The van der Waals surface area contributed by atoms with Gasteiger partial charge in [0.05, 0.1) is 11.7 Å². The highest BCUT2D eigenvalue weighted by molar-refractivity contribution is 7.95. The molecule has 3 aromatic carbocycles. The number of nitrogens with zero attached hydrogens (tertiary/aromatic N) is 1. The lowest BCUT2D eigenvalue weighted by Crippen LogP contribution is -2.61. The molecule has 1 saturated heterocycles. The molecule has 0 saturated carbocycles. The Labute approximate surface area is 152 Å². The topological polar surface area (TPSA) is 54.5 Å². The average Bonchev–Trinajstić information content (AvgIpc) is 2.68. The van der Waals surface area contributed by atoms with Crippen molar-refractivity contribution < 1.29 is 13.2 Å². The van der Waals surface area contributed by atoms with E-state index in [1.165, 1.54) is 4.31 Å². The molecular formula is C21H17NO3S. The Bertz CT molecular complexity index is 1020. The lowest BCUT2D eigenvalue weighted by Gasteiger charge is -2.47. The summed E-state index contributed by atoms with van der Waals surface area (Å²) >= 11 is 0. The maximum atomic E-state index is 13.1. The number of Topliss-reactive ketones (excluding diaryl/α,β-unsaturated/α-hetero) is 1. The Morgan fingerprint density at radius 1 is 0.731 bits per heavy atom. The van der Waals surface area contributed by atoms with E-state index in [0.717, 1.165) is 5.56 Å². The number of anilines is 1. The minimum Gasteiger partial charge on any atom is -0.293 e. The van der Waals surface area contributed by atoms with Gasteiger partial charge in [0, 0.05) is 5.56 Å². The second-order valence-electron chi connectivity index (χ2n) is 6.18. The van der Waals surface area contributed by atoms with Crippen molar-refractivity contribution in [2.75, 3.05) is 4.31 Å². The van der Waals surface area contributed by atoms with E-state index >= 15 is 0 Å². The van der Waals surface area contributed by atoms with Crippen LogP contribution in [0.3, 0.4) is 0 Å². The van der Waals surface area contributed by atoms with Crippen LogP contribution in [-0.2, 0) is 10.0 Å². The minimum atomic E-state index is -3.78. The van der Waals surface area contributed by atoms with E-state index in [1.807, 2.05) is 36.4 Å². The summed E-state index contributed by atoms with van der Waals surface area (Å²) in [6.07, 6.45) is 0. The van der Waals surface area contributed by atoms with E-state index in [0.29, 0.717) is 11.3 Å². The first kappa shape index (κ1) is 16.5. The van der Waals surface area contributed by atoms with Crippen molar-refractivity contribution >= 4 is 21.5 Å². The van der Waals surface area contributed by atoms with Gasteiger partial charge in [0.15, 0.2) is 11.0 Å². The maximum absolute atomic E-state index is 13.1. The molecule has 1 aliphatic heterocycles. The normalized spacial score (nSPS) is 21.0. The van der Waals surface area contributed by atoms with Gasteiger partial charge in [0.25, 0.3) is 0 Å². The molecule has 1 heterocycles. The molecule has 3 aromatic rings. The van der Waals surface area contributed by atoms with Gasteiger partial charge in [-0.05, 0) is 17.7 Å². The zero-order chi connectivity index (χ0) is 18.1. The van der Waals surface area contributed by atoms with Crippen LogP contribution >= 0.6 is 0 Å². The number of hydrogen-bond donors (Lipinski definition) is 0. The summed E-state index contributed by atoms with van der Waals surface area (Å²) < 4.78 is 27.5. The van der Waals surface area contributed by atoms with Gasteiger partial charge in [-0.25, -0.2) is 8.42 Å². The highest BCUT2D eigenvalue weighted by Gasteiger charge is 2.58. The largest absolute Gasteiger partial charge is 0.293 e. The summed E-state index contributed by atoms with van der Waals surface area (Å²) in [5.74, 6) is -0.369. The number of benzene rings is 3. The van der Waals surface area contributed by atoms with Gasteiger partial charge in [0.1, 0.15) is 0 Å². The van der Waals surface area contributed by atoms with E-state index in [4.69, 9.17) is 0 Å². The summed E-state index contributed by atoms with van der Waals surface area (Å²) in [4.78, 5) is 13.0. The fourth-order valence-electron chi connectivity index (χ4n) is 3.39. The molecule has 0 aliphatic carbocycles. The lowest BCUT2D eigenvalue weighted by molar-refractivity contribution is 0.0971. The van der Waals surface area contributed by atoms with Crippen molar-refractivity contribution in [3.63, 3.8) is 0 Å². The molecule has 4 rings (SSSR count). The van der Waals surface area contributed by atoms with Gasteiger partial charge >= 0.3 is 0 Å². The summed E-state index contributed by atoms with van der Waals surface area (Å²) in [6.45, 7) is 0. The third-order valence-electron chi connectivity index (χ3n) is 4.60. The van der Waals surface area contributed by atoms with Gasteiger partial charge in [-0.2, -0.15) is 0 Å². The van der Waals surface area contributed by atoms with Gasteiger partial charge in [-0.1, -0.05) is 78.9 Å². The van der Waals surface area contributed by atoms with E-state index in [9.17, 15) is 13.2 Å². The monoisotopic (exact) mass is 363 g/mol. The van der Waals surface area contributed by atoms with E-state index in [2.05, 4.69) is 0 Å². The fourth-order valence-corrected chi connectivity index (χ4v) is 5.43. The van der Waals surface area contributed by atoms with Crippen LogP contribution in [0.25, 0.3) is 0 Å². The van der Waals surface area contributed by atoms with Crippen molar-refractivity contribution in [3.8, 4) is 0 Å². The number of carbonyl (C=O) groups is 1. The summed E-state index contributed by atoms with van der Waals surface area (Å²) in [5.41, 5.74) is 1.79. The van der Waals surface area contributed by atoms with Crippen LogP contribution in [0.5, 0.6) is 0 Å². The zero-order valence-corrected chi connectivity index (χ0v) is 14.7. The first-order chi connectivity index (χ1) is 12.6. The molecule has 0 N–H and O–H groups in total. The van der Waals surface area contributed by atoms with Crippen LogP contribution in [0, 0.1) is 0 Å². The number of carbonyl (C=O) groups excluding carboxylic acids is 1. The lowest BCUT2D eigenvalue weighted by atomic mass is 9.96. The summed E-state index contributed by atoms with van der Waals surface area (Å²) in [5, 5.41) is -1.12. The first-order valence-corrected chi connectivity index (χ1v) is 9.83. The van der Waals surface area contributed by atoms with Gasteiger partial charge in [0.2, 0.25) is 10.0 Å². The first-order valence-electron chi connectivity index (χ1n) is 8.33. The Morgan fingerprint density at radius 2 is 1.23 bits per heavy atom. The number of para-hydroxylation sites is 1. The molecule has 0 spiro atoms. The molecule has 5 heteroatoms. The van der Waals surface area contributed by atoms with E-state index in [1.54, 1.807) is 54.6 Å². The SMILES string of the molecule is O=C(c1ccccc1)[C@H]1[C@@H](c2ccccc2)N(c2ccccc2)S1(=O)=O. The Kier molecular flexibility index (Phi) is 4.09. The van der Waals surface area contributed by atoms with E-state index in [-0.39, 0.29) is 5.78 Å². The Morgan fingerprint density at radius 3 is 1.81 bits per heavy atom. The van der Waals surface area contributed by atoms with Gasteiger partial charge in [-0.3, -0.25) is 9.10 Å². The second kappa shape index (κ2) is 6.42. The van der Waals surface area contributed by atoms with Crippen molar-refractivity contribution in [1.29, 1.82) is 0 Å². The molecule has 0 bridgehead atoms. The number of ketones is 1.